The van der Waals surface area contributed by atoms with E-state index in [4.69, 9.17) is 0 Å². The summed E-state index contributed by atoms with van der Waals surface area (Å²) in [7, 11) is 0. The van der Waals surface area contributed by atoms with Crippen molar-refractivity contribution in [3.8, 4) is 0 Å². The lowest BCUT2D eigenvalue weighted by atomic mass is 10.2. The van der Waals surface area contributed by atoms with Crippen molar-refractivity contribution in [3.63, 3.8) is 0 Å². The molecular weight excluding hydrogens is 354 g/mol. The van der Waals surface area contributed by atoms with Gasteiger partial charge in [-0.15, -0.1) is 0 Å². The molecule has 138 valence electrons. The molecule has 2 aromatic carbocycles. The van der Waals surface area contributed by atoms with Gasteiger partial charge in [0.15, 0.2) is 0 Å². The second-order valence-electron chi connectivity index (χ2n) is 6.24. The van der Waals surface area contributed by atoms with Crippen LogP contribution in [0.1, 0.15) is 12.0 Å². The minimum atomic E-state index is -0.240. The lowest BCUT2D eigenvalue weighted by Gasteiger charge is -2.36. The summed E-state index contributed by atoms with van der Waals surface area (Å²) in [6, 6.07) is 13.2. The average molecular weight is 376 g/mol. The Morgan fingerprint density at radius 1 is 0.962 bits per heavy atom. The molecule has 0 atom stereocenters. The molecule has 0 aliphatic carbocycles. The SMILES string of the molecule is O=C(CCSCc1ccccc1F)N1CCN(c2ccc(F)cc2)CC1. The molecule has 0 spiro atoms. The fourth-order valence-electron chi connectivity index (χ4n) is 2.98. The van der Waals surface area contributed by atoms with Crippen molar-refractivity contribution in [2.75, 3.05) is 36.8 Å². The van der Waals surface area contributed by atoms with Gasteiger partial charge in [-0.25, -0.2) is 8.78 Å². The molecule has 1 amide bonds. The zero-order chi connectivity index (χ0) is 18.4. The lowest BCUT2D eigenvalue weighted by molar-refractivity contribution is -0.131. The van der Waals surface area contributed by atoms with Gasteiger partial charge >= 0.3 is 0 Å². The first-order chi connectivity index (χ1) is 12.6. The summed E-state index contributed by atoms with van der Waals surface area (Å²) in [6.45, 7) is 2.85. The fraction of sp³-hybridized carbons (Fsp3) is 0.350. The number of halogens is 2. The number of hydrogen-bond donors (Lipinski definition) is 0. The molecule has 0 bridgehead atoms. The number of thioether (sulfide) groups is 1. The molecule has 0 saturated carbocycles. The standard InChI is InChI=1S/C20H22F2N2OS/c21-17-5-7-18(8-6-17)23-10-12-24(13-11-23)20(25)9-14-26-15-16-3-1-2-4-19(16)22/h1-8H,9-15H2. The topological polar surface area (TPSA) is 23.6 Å². The Kier molecular flexibility index (Phi) is 6.50. The maximum absolute atomic E-state index is 13.6. The van der Waals surface area contributed by atoms with Crippen LogP contribution in [-0.4, -0.2) is 42.7 Å². The Balaban J connectivity index is 1.38. The fourth-order valence-corrected chi connectivity index (χ4v) is 3.90. The van der Waals surface area contributed by atoms with E-state index in [0.717, 1.165) is 18.8 Å². The molecule has 0 aromatic heterocycles. The summed E-state index contributed by atoms with van der Waals surface area (Å²) >= 11 is 1.58. The number of carbonyl (C=O) groups is 1. The molecule has 1 fully saturated rings. The van der Waals surface area contributed by atoms with Crippen LogP contribution in [0.15, 0.2) is 48.5 Å². The highest BCUT2D eigenvalue weighted by Crippen LogP contribution is 2.19. The van der Waals surface area contributed by atoms with Gasteiger partial charge in [-0.1, -0.05) is 18.2 Å². The number of amides is 1. The van der Waals surface area contributed by atoms with Crippen LogP contribution in [0.4, 0.5) is 14.5 Å². The van der Waals surface area contributed by atoms with E-state index in [-0.39, 0.29) is 17.5 Å². The first kappa shape index (κ1) is 18.7. The molecule has 1 aliphatic rings. The molecule has 2 aromatic rings. The normalized spacial score (nSPS) is 14.5. The second kappa shape index (κ2) is 9.03. The smallest absolute Gasteiger partial charge is 0.223 e. The molecule has 26 heavy (non-hydrogen) atoms. The minimum Gasteiger partial charge on any atom is -0.368 e. The third-order valence-corrected chi connectivity index (χ3v) is 5.51. The van der Waals surface area contributed by atoms with Crippen molar-refractivity contribution >= 4 is 23.4 Å². The van der Waals surface area contributed by atoms with E-state index in [0.29, 0.717) is 36.6 Å². The predicted molar refractivity (Wildman–Crippen MR) is 102 cm³/mol. The summed E-state index contributed by atoms with van der Waals surface area (Å²) in [5.41, 5.74) is 1.66. The Morgan fingerprint density at radius 2 is 1.65 bits per heavy atom. The third kappa shape index (κ3) is 4.97. The molecule has 0 unspecified atom stereocenters. The van der Waals surface area contributed by atoms with Gasteiger partial charge in [0, 0.05) is 49.8 Å². The number of rotatable bonds is 6. The van der Waals surface area contributed by atoms with E-state index >= 15 is 0 Å². The summed E-state index contributed by atoms with van der Waals surface area (Å²) in [6.07, 6.45) is 0.468. The molecule has 1 saturated heterocycles. The van der Waals surface area contributed by atoms with Crippen LogP contribution in [-0.2, 0) is 10.5 Å². The van der Waals surface area contributed by atoms with Crippen molar-refractivity contribution in [2.24, 2.45) is 0 Å². The van der Waals surface area contributed by atoms with Crippen LogP contribution in [0.3, 0.4) is 0 Å². The molecule has 6 heteroatoms. The number of hydrogen-bond acceptors (Lipinski definition) is 3. The van der Waals surface area contributed by atoms with E-state index in [1.165, 1.54) is 18.2 Å². The monoisotopic (exact) mass is 376 g/mol. The predicted octanol–water partition coefficient (Wildman–Crippen LogP) is 3.94. The van der Waals surface area contributed by atoms with Crippen LogP contribution in [0.5, 0.6) is 0 Å². The molecule has 3 rings (SSSR count). The number of benzene rings is 2. The van der Waals surface area contributed by atoms with E-state index < -0.39 is 0 Å². The highest BCUT2D eigenvalue weighted by Gasteiger charge is 2.21. The van der Waals surface area contributed by atoms with Gasteiger partial charge in [0.05, 0.1) is 0 Å². The van der Waals surface area contributed by atoms with E-state index in [2.05, 4.69) is 4.90 Å². The second-order valence-corrected chi connectivity index (χ2v) is 7.34. The Bertz CT molecular complexity index is 731. The van der Waals surface area contributed by atoms with Gasteiger partial charge in [-0.2, -0.15) is 11.8 Å². The van der Waals surface area contributed by atoms with Gasteiger partial charge in [0.2, 0.25) is 5.91 Å². The number of nitrogens with zero attached hydrogens (tertiary/aromatic N) is 2. The van der Waals surface area contributed by atoms with Gasteiger partial charge in [-0.05, 0) is 35.9 Å². The zero-order valence-electron chi connectivity index (χ0n) is 14.5. The van der Waals surface area contributed by atoms with Crippen molar-refractivity contribution in [3.05, 3.63) is 65.7 Å². The quantitative estimate of drug-likeness (QED) is 0.714. The number of piperazine rings is 1. The van der Waals surface area contributed by atoms with Crippen molar-refractivity contribution < 1.29 is 13.6 Å². The molecule has 3 nitrogen and oxygen atoms in total. The van der Waals surface area contributed by atoms with Crippen LogP contribution in [0.2, 0.25) is 0 Å². The molecule has 1 aliphatic heterocycles. The van der Waals surface area contributed by atoms with E-state index in [9.17, 15) is 13.6 Å². The first-order valence-electron chi connectivity index (χ1n) is 8.73. The van der Waals surface area contributed by atoms with Crippen molar-refractivity contribution in [1.82, 2.24) is 4.90 Å². The van der Waals surface area contributed by atoms with Gasteiger partial charge < -0.3 is 9.80 Å². The Morgan fingerprint density at radius 3 is 2.35 bits per heavy atom. The summed E-state index contributed by atoms with van der Waals surface area (Å²) in [5.74, 6) is 0.979. The largest absolute Gasteiger partial charge is 0.368 e. The zero-order valence-corrected chi connectivity index (χ0v) is 15.4. The summed E-state index contributed by atoms with van der Waals surface area (Å²) in [4.78, 5) is 16.4. The van der Waals surface area contributed by atoms with Crippen LogP contribution >= 0.6 is 11.8 Å². The lowest BCUT2D eigenvalue weighted by Crippen LogP contribution is -2.48. The minimum absolute atomic E-state index is 0.143. The highest BCUT2D eigenvalue weighted by molar-refractivity contribution is 7.98. The third-order valence-electron chi connectivity index (χ3n) is 4.50. The number of carbonyl (C=O) groups excluding carboxylic acids is 1. The number of anilines is 1. The maximum Gasteiger partial charge on any atom is 0.223 e. The van der Waals surface area contributed by atoms with Gasteiger partial charge in [0.1, 0.15) is 11.6 Å². The van der Waals surface area contributed by atoms with E-state index in [1.807, 2.05) is 11.0 Å². The molecule has 0 N–H and O–H groups in total. The molecule has 0 radical (unpaired) electrons. The summed E-state index contributed by atoms with van der Waals surface area (Å²) < 4.78 is 26.6. The average Bonchev–Trinajstić information content (AvgIpc) is 2.67. The van der Waals surface area contributed by atoms with E-state index in [1.54, 1.807) is 36.0 Å². The van der Waals surface area contributed by atoms with Crippen molar-refractivity contribution in [2.45, 2.75) is 12.2 Å². The Labute approximate surface area is 157 Å². The van der Waals surface area contributed by atoms with Crippen LogP contribution < -0.4 is 4.90 Å². The van der Waals surface area contributed by atoms with Crippen molar-refractivity contribution in [1.29, 1.82) is 0 Å². The van der Waals surface area contributed by atoms with Gasteiger partial charge in [0.25, 0.3) is 0 Å². The van der Waals surface area contributed by atoms with Crippen LogP contribution in [0.25, 0.3) is 0 Å². The van der Waals surface area contributed by atoms with Gasteiger partial charge in [-0.3, -0.25) is 4.79 Å². The highest BCUT2D eigenvalue weighted by atomic mass is 32.2. The maximum atomic E-state index is 13.6. The Hall–Kier alpha value is -2.08. The molecular formula is C20H22F2N2OS. The first-order valence-corrected chi connectivity index (χ1v) is 9.88. The molecule has 1 heterocycles. The van der Waals surface area contributed by atoms with Crippen LogP contribution in [0, 0.1) is 11.6 Å². The summed E-state index contributed by atoms with van der Waals surface area (Å²) in [5, 5.41) is 0.